The Morgan fingerprint density at radius 3 is 2.88 bits per heavy atom. The van der Waals surface area contributed by atoms with Crippen LogP contribution in [-0.2, 0) is 11.3 Å². The van der Waals surface area contributed by atoms with Gasteiger partial charge in [0.15, 0.2) is 5.65 Å². The highest BCUT2D eigenvalue weighted by atomic mass is 35.5. The molecule has 3 aromatic heterocycles. The van der Waals surface area contributed by atoms with Gasteiger partial charge in [-0.25, -0.2) is 9.50 Å². The maximum Gasteiger partial charge on any atom is 0.163 e. The average Bonchev–Trinajstić information content (AvgIpc) is 3.22. The summed E-state index contributed by atoms with van der Waals surface area (Å²) < 4.78 is 7.23. The Morgan fingerprint density at radius 2 is 2.12 bits per heavy atom. The second-order valence-electron chi connectivity index (χ2n) is 5.34. The van der Waals surface area contributed by atoms with E-state index in [2.05, 4.69) is 21.8 Å². The SMILES string of the molecule is COCc1nn2c(-c3ccsc3)ccnc2c1-c1cccc(Cl)c1. The normalized spacial score (nSPS) is 11.2. The molecule has 0 aliphatic rings. The van der Waals surface area contributed by atoms with E-state index in [1.807, 2.05) is 41.0 Å². The van der Waals surface area contributed by atoms with Crippen LogP contribution in [0, 0.1) is 0 Å². The van der Waals surface area contributed by atoms with Gasteiger partial charge in [0.2, 0.25) is 0 Å². The van der Waals surface area contributed by atoms with Crippen LogP contribution in [0.5, 0.6) is 0 Å². The summed E-state index contributed by atoms with van der Waals surface area (Å²) in [6, 6.07) is 11.8. The summed E-state index contributed by atoms with van der Waals surface area (Å²) in [7, 11) is 1.67. The molecule has 0 amide bonds. The van der Waals surface area contributed by atoms with Crippen molar-refractivity contribution in [2.45, 2.75) is 6.61 Å². The highest BCUT2D eigenvalue weighted by molar-refractivity contribution is 7.08. The Labute approximate surface area is 148 Å². The van der Waals surface area contributed by atoms with Gasteiger partial charge >= 0.3 is 0 Å². The van der Waals surface area contributed by atoms with Crippen molar-refractivity contribution in [3.05, 3.63) is 64.1 Å². The van der Waals surface area contributed by atoms with Crippen molar-refractivity contribution in [3.8, 4) is 22.4 Å². The molecule has 4 nitrogen and oxygen atoms in total. The molecule has 0 bridgehead atoms. The van der Waals surface area contributed by atoms with E-state index in [1.54, 1.807) is 18.4 Å². The van der Waals surface area contributed by atoms with Crippen LogP contribution in [-0.4, -0.2) is 21.7 Å². The Balaban J connectivity index is 2.01. The molecule has 0 atom stereocenters. The smallest absolute Gasteiger partial charge is 0.163 e. The van der Waals surface area contributed by atoms with Gasteiger partial charge in [-0.15, -0.1) is 0 Å². The third-order valence-electron chi connectivity index (χ3n) is 3.80. The first-order valence-electron chi connectivity index (χ1n) is 7.42. The molecule has 120 valence electrons. The van der Waals surface area contributed by atoms with Gasteiger partial charge in [-0.3, -0.25) is 0 Å². The van der Waals surface area contributed by atoms with E-state index < -0.39 is 0 Å². The topological polar surface area (TPSA) is 39.4 Å². The van der Waals surface area contributed by atoms with Crippen LogP contribution in [0.4, 0.5) is 0 Å². The van der Waals surface area contributed by atoms with Crippen LogP contribution in [0.1, 0.15) is 5.69 Å². The number of fused-ring (bicyclic) bond motifs is 1. The molecule has 0 spiro atoms. The third kappa shape index (κ3) is 2.60. The zero-order valence-corrected chi connectivity index (χ0v) is 14.5. The number of hydrogen-bond acceptors (Lipinski definition) is 4. The van der Waals surface area contributed by atoms with E-state index >= 15 is 0 Å². The predicted molar refractivity (Wildman–Crippen MR) is 97.5 cm³/mol. The molecule has 24 heavy (non-hydrogen) atoms. The summed E-state index contributed by atoms with van der Waals surface area (Å²) in [4.78, 5) is 4.57. The lowest BCUT2D eigenvalue weighted by atomic mass is 10.1. The number of ether oxygens (including phenoxy) is 1. The molecule has 4 aromatic rings. The molecule has 4 rings (SSSR count). The fraction of sp³-hybridized carbons (Fsp3) is 0.111. The molecule has 0 aliphatic carbocycles. The van der Waals surface area contributed by atoms with Crippen molar-refractivity contribution in [2.24, 2.45) is 0 Å². The Morgan fingerprint density at radius 1 is 1.21 bits per heavy atom. The van der Waals surface area contributed by atoms with Crippen LogP contribution in [0.3, 0.4) is 0 Å². The fourth-order valence-electron chi connectivity index (χ4n) is 2.80. The van der Waals surface area contributed by atoms with Crippen LogP contribution < -0.4 is 0 Å². The van der Waals surface area contributed by atoms with E-state index in [4.69, 9.17) is 21.4 Å². The molecular formula is C18H14ClN3OS. The number of benzene rings is 1. The zero-order valence-electron chi connectivity index (χ0n) is 12.9. The number of hydrogen-bond donors (Lipinski definition) is 0. The van der Waals surface area contributed by atoms with E-state index in [0.717, 1.165) is 33.7 Å². The van der Waals surface area contributed by atoms with Gasteiger partial charge < -0.3 is 4.74 Å². The second-order valence-corrected chi connectivity index (χ2v) is 6.56. The number of nitrogens with zero attached hydrogens (tertiary/aromatic N) is 3. The lowest BCUT2D eigenvalue weighted by Crippen LogP contribution is -1.95. The maximum absolute atomic E-state index is 6.18. The minimum atomic E-state index is 0.411. The number of methoxy groups -OCH3 is 1. The minimum Gasteiger partial charge on any atom is -0.378 e. The van der Waals surface area contributed by atoms with Gasteiger partial charge in [0.25, 0.3) is 0 Å². The van der Waals surface area contributed by atoms with Crippen LogP contribution >= 0.6 is 22.9 Å². The van der Waals surface area contributed by atoms with E-state index in [9.17, 15) is 0 Å². The van der Waals surface area contributed by atoms with E-state index in [0.29, 0.717) is 11.6 Å². The maximum atomic E-state index is 6.18. The molecular weight excluding hydrogens is 342 g/mol. The predicted octanol–water partition coefficient (Wildman–Crippen LogP) is 4.92. The monoisotopic (exact) mass is 355 g/mol. The van der Waals surface area contributed by atoms with E-state index in [-0.39, 0.29) is 0 Å². The number of thiophene rings is 1. The van der Waals surface area contributed by atoms with Gasteiger partial charge in [-0.1, -0.05) is 23.7 Å². The van der Waals surface area contributed by atoms with E-state index in [1.165, 1.54) is 0 Å². The summed E-state index contributed by atoms with van der Waals surface area (Å²) in [5.74, 6) is 0. The second kappa shape index (κ2) is 6.36. The molecule has 3 heterocycles. The van der Waals surface area contributed by atoms with Crippen molar-refractivity contribution in [2.75, 3.05) is 7.11 Å². The third-order valence-corrected chi connectivity index (χ3v) is 4.72. The van der Waals surface area contributed by atoms with Crippen molar-refractivity contribution in [1.29, 1.82) is 0 Å². The molecule has 0 fully saturated rings. The summed E-state index contributed by atoms with van der Waals surface area (Å²) in [5, 5.41) is 9.60. The minimum absolute atomic E-state index is 0.411. The summed E-state index contributed by atoms with van der Waals surface area (Å²) in [6.07, 6.45) is 1.81. The molecule has 6 heteroatoms. The summed E-state index contributed by atoms with van der Waals surface area (Å²) in [6.45, 7) is 0.411. The lowest BCUT2D eigenvalue weighted by Gasteiger charge is -2.04. The summed E-state index contributed by atoms with van der Waals surface area (Å²) in [5.41, 5.74) is 5.71. The first-order chi connectivity index (χ1) is 11.8. The number of halogens is 1. The number of aromatic nitrogens is 3. The largest absolute Gasteiger partial charge is 0.378 e. The molecule has 0 saturated heterocycles. The van der Waals surface area contributed by atoms with Gasteiger partial charge in [-0.2, -0.15) is 16.4 Å². The molecule has 0 aliphatic heterocycles. The molecule has 0 radical (unpaired) electrons. The Bertz CT molecular complexity index is 995. The van der Waals surface area contributed by atoms with Gasteiger partial charge in [0, 0.05) is 29.3 Å². The molecule has 1 aromatic carbocycles. The fourth-order valence-corrected chi connectivity index (χ4v) is 3.64. The Kier molecular flexibility index (Phi) is 4.06. The molecule has 0 unspecified atom stereocenters. The van der Waals surface area contributed by atoms with Crippen molar-refractivity contribution < 1.29 is 4.74 Å². The van der Waals surface area contributed by atoms with Crippen molar-refractivity contribution >= 4 is 28.6 Å². The molecule has 0 saturated carbocycles. The standard InChI is InChI=1S/C18H14ClN3OS/c1-23-10-15-17(12-3-2-4-14(19)9-12)18-20-7-5-16(22(18)21-15)13-6-8-24-11-13/h2-9,11H,10H2,1H3. The average molecular weight is 356 g/mol. The van der Waals surface area contributed by atoms with Crippen molar-refractivity contribution in [1.82, 2.24) is 14.6 Å². The zero-order chi connectivity index (χ0) is 16.5. The van der Waals surface area contributed by atoms with Gasteiger partial charge in [0.05, 0.1) is 23.6 Å². The highest BCUT2D eigenvalue weighted by Gasteiger charge is 2.18. The quantitative estimate of drug-likeness (QED) is 0.521. The van der Waals surface area contributed by atoms with Gasteiger partial charge in [0.1, 0.15) is 0 Å². The summed E-state index contributed by atoms with van der Waals surface area (Å²) >= 11 is 7.84. The first kappa shape index (κ1) is 15.3. The van der Waals surface area contributed by atoms with Crippen LogP contribution in [0.2, 0.25) is 5.02 Å². The van der Waals surface area contributed by atoms with Crippen LogP contribution in [0.15, 0.2) is 53.4 Å². The first-order valence-corrected chi connectivity index (χ1v) is 8.74. The Hall–Kier alpha value is -2.21. The van der Waals surface area contributed by atoms with Crippen LogP contribution in [0.25, 0.3) is 28.0 Å². The van der Waals surface area contributed by atoms with Crippen molar-refractivity contribution in [3.63, 3.8) is 0 Å². The van der Waals surface area contributed by atoms with Gasteiger partial charge in [-0.05, 0) is 35.2 Å². The highest BCUT2D eigenvalue weighted by Crippen LogP contribution is 2.32. The lowest BCUT2D eigenvalue weighted by molar-refractivity contribution is 0.181. The number of rotatable bonds is 4. The molecule has 0 N–H and O–H groups in total.